The van der Waals surface area contributed by atoms with Crippen molar-refractivity contribution in [1.82, 2.24) is 16.0 Å². The fourth-order valence-corrected chi connectivity index (χ4v) is 2.40. The number of aliphatic hydroxyl groups is 1. The van der Waals surface area contributed by atoms with Gasteiger partial charge in [-0.1, -0.05) is 0 Å². The summed E-state index contributed by atoms with van der Waals surface area (Å²) >= 11 is 0. The van der Waals surface area contributed by atoms with Crippen LogP contribution in [0.5, 0.6) is 0 Å². The van der Waals surface area contributed by atoms with Gasteiger partial charge in [-0.05, 0) is 26.2 Å². The van der Waals surface area contributed by atoms with E-state index in [4.69, 9.17) is 27.4 Å². The van der Waals surface area contributed by atoms with Crippen molar-refractivity contribution >= 4 is 35.6 Å². The van der Waals surface area contributed by atoms with Crippen LogP contribution in [-0.4, -0.2) is 88.3 Å². The van der Waals surface area contributed by atoms with Crippen LogP contribution < -0.4 is 33.2 Å². The minimum absolute atomic E-state index is 0.117. The molecule has 0 saturated carbocycles. The summed E-state index contributed by atoms with van der Waals surface area (Å²) in [6.07, 6.45) is -1.68. The lowest BCUT2D eigenvalue weighted by Crippen LogP contribution is -2.58. The van der Waals surface area contributed by atoms with Gasteiger partial charge in [0.25, 0.3) is 0 Å². The summed E-state index contributed by atoms with van der Waals surface area (Å²) in [6, 6.07) is -3.97. The third-order valence-electron chi connectivity index (χ3n) is 4.06. The topological polar surface area (TPSA) is 273 Å². The number of hydrogen-bond acceptors (Lipinski definition) is 8. The van der Waals surface area contributed by atoms with Gasteiger partial charge in [0, 0.05) is 13.0 Å². The molecule has 3 amide bonds. The Bertz CT molecular complexity index is 709. The largest absolute Gasteiger partial charge is 0.481 e. The molecule has 0 aliphatic heterocycles. The molecule has 0 fully saturated rings. The standard InChI is InChI=1S/C17H31N7O8/c1-8(25)13(16(32)22-7-12(28)29)24-15(31)10(4-5-11(26)27)23-14(30)9(18)3-2-6-21-17(19)20/h8-10,13,25H,2-7,18H2,1H3,(H,22,32)(H,23,30)(H,24,31)(H,26,27)(H,28,29)(H4,19,20,21). The summed E-state index contributed by atoms with van der Waals surface area (Å²) < 4.78 is 0. The average molecular weight is 461 g/mol. The van der Waals surface area contributed by atoms with Crippen LogP contribution in [0.4, 0.5) is 0 Å². The summed E-state index contributed by atoms with van der Waals surface area (Å²) in [4.78, 5) is 62.2. The predicted molar refractivity (Wildman–Crippen MR) is 111 cm³/mol. The molecule has 0 radical (unpaired) electrons. The molecule has 0 bridgehead atoms. The molecule has 0 aliphatic carbocycles. The summed E-state index contributed by atoms with van der Waals surface area (Å²) in [5, 5.41) is 33.8. The van der Waals surface area contributed by atoms with Gasteiger partial charge in [-0.3, -0.25) is 29.0 Å². The normalized spacial score (nSPS) is 14.2. The Morgan fingerprint density at radius 2 is 1.56 bits per heavy atom. The minimum atomic E-state index is -1.54. The molecule has 0 aromatic heterocycles. The molecular formula is C17H31N7O8. The first-order chi connectivity index (χ1) is 14.8. The number of aliphatic hydroxyl groups excluding tert-OH is 1. The molecule has 0 saturated heterocycles. The molecule has 4 unspecified atom stereocenters. The lowest BCUT2D eigenvalue weighted by molar-refractivity contribution is -0.139. The van der Waals surface area contributed by atoms with Crippen LogP contribution >= 0.6 is 0 Å². The molecule has 15 heteroatoms. The first-order valence-electron chi connectivity index (χ1n) is 9.66. The first-order valence-corrected chi connectivity index (χ1v) is 9.66. The maximum Gasteiger partial charge on any atom is 0.322 e. The Labute approximate surface area is 183 Å². The van der Waals surface area contributed by atoms with Crippen molar-refractivity contribution in [2.24, 2.45) is 22.2 Å². The van der Waals surface area contributed by atoms with Crippen molar-refractivity contribution in [3.05, 3.63) is 0 Å². The lowest BCUT2D eigenvalue weighted by Gasteiger charge is -2.25. The van der Waals surface area contributed by atoms with E-state index in [1.165, 1.54) is 6.92 Å². The summed E-state index contributed by atoms with van der Waals surface area (Å²) in [5.74, 6) is -5.36. The number of carbonyl (C=O) groups is 5. The molecule has 0 aromatic carbocycles. The van der Waals surface area contributed by atoms with Gasteiger partial charge in [0.05, 0.1) is 12.1 Å². The molecule has 15 nitrogen and oxygen atoms in total. The summed E-state index contributed by atoms with van der Waals surface area (Å²) in [7, 11) is 0. The fourth-order valence-electron chi connectivity index (χ4n) is 2.40. The Hall–Kier alpha value is -3.46. The van der Waals surface area contributed by atoms with E-state index in [0.29, 0.717) is 6.42 Å². The minimum Gasteiger partial charge on any atom is -0.481 e. The van der Waals surface area contributed by atoms with E-state index in [9.17, 15) is 29.1 Å². The molecule has 4 atom stereocenters. The number of rotatable bonds is 15. The van der Waals surface area contributed by atoms with Crippen molar-refractivity contribution < 1.29 is 39.3 Å². The van der Waals surface area contributed by atoms with E-state index in [0.717, 1.165) is 0 Å². The van der Waals surface area contributed by atoms with Gasteiger partial charge in [0.2, 0.25) is 17.7 Å². The highest BCUT2D eigenvalue weighted by molar-refractivity contribution is 5.94. The number of carboxylic acids is 2. The second-order valence-electron chi connectivity index (χ2n) is 6.89. The molecule has 12 N–H and O–H groups in total. The number of guanidine groups is 1. The number of carboxylic acid groups (broad SMARTS) is 2. The quantitative estimate of drug-likeness (QED) is 0.0640. The average Bonchev–Trinajstić information content (AvgIpc) is 2.69. The SMILES string of the molecule is CC(O)C(NC(=O)C(CCC(=O)O)NC(=O)C(N)CCCN=C(N)N)C(=O)NCC(=O)O. The number of nitrogens with one attached hydrogen (secondary N) is 3. The van der Waals surface area contributed by atoms with Crippen molar-refractivity contribution in [3.63, 3.8) is 0 Å². The Morgan fingerprint density at radius 3 is 2.06 bits per heavy atom. The van der Waals surface area contributed by atoms with Gasteiger partial charge in [-0.15, -0.1) is 0 Å². The molecule has 0 spiro atoms. The van der Waals surface area contributed by atoms with Gasteiger partial charge >= 0.3 is 11.9 Å². The molecule has 0 heterocycles. The van der Waals surface area contributed by atoms with Gasteiger partial charge in [0.1, 0.15) is 18.6 Å². The van der Waals surface area contributed by atoms with Gasteiger partial charge in [-0.25, -0.2) is 0 Å². The van der Waals surface area contributed by atoms with Crippen LogP contribution in [0.1, 0.15) is 32.6 Å². The first kappa shape index (κ1) is 28.5. The van der Waals surface area contributed by atoms with Crippen LogP contribution in [0.25, 0.3) is 0 Å². The highest BCUT2D eigenvalue weighted by Crippen LogP contribution is 2.03. The zero-order valence-electron chi connectivity index (χ0n) is 17.6. The second-order valence-corrected chi connectivity index (χ2v) is 6.89. The fraction of sp³-hybridized carbons (Fsp3) is 0.647. The number of amides is 3. The number of nitrogens with two attached hydrogens (primary N) is 3. The number of nitrogens with zero attached hydrogens (tertiary/aromatic N) is 1. The molecule has 182 valence electrons. The van der Waals surface area contributed by atoms with Crippen LogP contribution in [0.2, 0.25) is 0 Å². The van der Waals surface area contributed by atoms with Crippen LogP contribution in [-0.2, 0) is 24.0 Å². The number of aliphatic carboxylic acids is 2. The summed E-state index contributed by atoms with van der Waals surface area (Å²) in [6.45, 7) is 0.669. The van der Waals surface area contributed by atoms with Crippen LogP contribution in [0.15, 0.2) is 4.99 Å². The smallest absolute Gasteiger partial charge is 0.322 e. The zero-order valence-corrected chi connectivity index (χ0v) is 17.6. The second kappa shape index (κ2) is 14.5. The highest BCUT2D eigenvalue weighted by atomic mass is 16.4. The van der Waals surface area contributed by atoms with E-state index < -0.39 is 66.9 Å². The highest BCUT2D eigenvalue weighted by Gasteiger charge is 2.31. The molecule has 0 aromatic rings. The van der Waals surface area contributed by atoms with Crippen molar-refractivity contribution in [1.29, 1.82) is 0 Å². The summed E-state index contributed by atoms with van der Waals surface area (Å²) in [5.41, 5.74) is 16.2. The van der Waals surface area contributed by atoms with E-state index in [1.807, 2.05) is 5.32 Å². The van der Waals surface area contributed by atoms with Crippen LogP contribution in [0, 0.1) is 0 Å². The maximum absolute atomic E-state index is 12.6. The Balaban J connectivity index is 5.16. The number of hydrogen-bond donors (Lipinski definition) is 9. The van der Waals surface area contributed by atoms with Crippen molar-refractivity contribution in [2.75, 3.05) is 13.1 Å². The van der Waals surface area contributed by atoms with Gasteiger partial charge in [0.15, 0.2) is 5.96 Å². The van der Waals surface area contributed by atoms with Gasteiger partial charge < -0.3 is 48.5 Å². The number of aliphatic imine (C=N–C) groups is 1. The third-order valence-corrected chi connectivity index (χ3v) is 4.06. The third kappa shape index (κ3) is 12.3. The van der Waals surface area contributed by atoms with Crippen molar-refractivity contribution in [3.8, 4) is 0 Å². The molecule has 0 rings (SSSR count). The maximum atomic E-state index is 12.6. The molecule has 32 heavy (non-hydrogen) atoms. The Morgan fingerprint density at radius 1 is 0.938 bits per heavy atom. The Kier molecular flexibility index (Phi) is 13.0. The lowest BCUT2D eigenvalue weighted by atomic mass is 10.1. The van der Waals surface area contributed by atoms with E-state index in [1.54, 1.807) is 0 Å². The number of carbonyl (C=O) groups excluding carboxylic acids is 3. The van der Waals surface area contributed by atoms with Crippen molar-refractivity contribution in [2.45, 2.75) is 56.8 Å². The van der Waals surface area contributed by atoms with E-state index in [-0.39, 0.29) is 25.3 Å². The zero-order chi connectivity index (χ0) is 24.8. The predicted octanol–water partition coefficient (Wildman–Crippen LogP) is -4.22. The van der Waals surface area contributed by atoms with Crippen LogP contribution in [0.3, 0.4) is 0 Å². The monoisotopic (exact) mass is 461 g/mol. The van der Waals surface area contributed by atoms with Gasteiger partial charge in [-0.2, -0.15) is 0 Å². The molecule has 0 aliphatic rings. The molecular weight excluding hydrogens is 430 g/mol. The van der Waals surface area contributed by atoms with E-state index >= 15 is 0 Å². The van der Waals surface area contributed by atoms with E-state index in [2.05, 4.69) is 15.6 Å².